The zero-order chi connectivity index (χ0) is 13.5. The van der Waals surface area contributed by atoms with Crippen molar-refractivity contribution in [1.29, 1.82) is 0 Å². The predicted octanol–water partition coefficient (Wildman–Crippen LogP) is 4.49. The minimum atomic E-state index is 0. The Hall–Kier alpha value is -0.870. The van der Waals surface area contributed by atoms with E-state index in [0.717, 1.165) is 19.6 Å². The number of hydrogen-bond acceptors (Lipinski definition) is 3. The van der Waals surface area contributed by atoms with Crippen LogP contribution in [0.15, 0.2) is 58.3 Å². The molecule has 2 heterocycles. The zero-order valence-corrected chi connectivity index (χ0v) is 14.9. The number of fused-ring (bicyclic) bond motifs is 5. The summed E-state index contributed by atoms with van der Waals surface area (Å²) in [7, 11) is 2.23. The molecule has 0 bridgehead atoms. The molecule has 1 fully saturated rings. The molecule has 5 heteroatoms. The number of rotatable bonds is 0. The topological polar surface area (TPSA) is 6.48 Å². The molecule has 22 heavy (non-hydrogen) atoms. The highest BCUT2D eigenvalue weighted by Gasteiger charge is 2.32. The van der Waals surface area contributed by atoms with Gasteiger partial charge in [-0.05, 0) is 30.8 Å². The van der Waals surface area contributed by atoms with Crippen LogP contribution in [0.25, 0.3) is 0 Å². The van der Waals surface area contributed by atoms with Gasteiger partial charge in [-0.1, -0.05) is 42.1 Å². The molecule has 0 radical (unpaired) electrons. The van der Waals surface area contributed by atoms with Gasteiger partial charge in [-0.3, -0.25) is 0 Å². The molecule has 0 amide bonds. The third-order valence-electron chi connectivity index (χ3n) is 4.26. The Bertz CT molecular complexity index is 650. The second-order valence-electron chi connectivity index (χ2n) is 5.58. The number of benzene rings is 2. The van der Waals surface area contributed by atoms with Crippen LogP contribution in [-0.4, -0.2) is 31.6 Å². The van der Waals surface area contributed by atoms with Crippen LogP contribution in [0.4, 0.5) is 5.69 Å². The van der Waals surface area contributed by atoms with Gasteiger partial charge in [-0.25, -0.2) is 0 Å². The van der Waals surface area contributed by atoms with Gasteiger partial charge in [0, 0.05) is 29.4 Å². The first-order valence-corrected chi connectivity index (χ1v) is 7.95. The number of piperazine rings is 1. The van der Waals surface area contributed by atoms with Crippen molar-refractivity contribution in [1.82, 2.24) is 4.90 Å². The molecule has 2 aliphatic rings. The van der Waals surface area contributed by atoms with E-state index < -0.39 is 0 Å². The monoisotopic (exact) mass is 354 g/mol. The van der Waals surface area contributed by atoms with Crippen molar-refractivity contribution in [2.24, 2.45) is 0 Å². The number of halogens is 2. The van der Waals surface area contributed by atoms with Crippen molar-refractivity contribution < 1.29 is 0 Å². The van der Waals surface area contributed by atoms with Gasteiger partial charge >= 0.3 is 0 Å². The zero-order valence-electron chi connectivity index (χ0n) is 12.4. The lowest BCUT2D eigenvalue weighted by Crippen LogP contribution is -2.46. The van der Waals surface area contributed by atoms with E-state index >= 15 is 0 Å². The first-order valence-electron chi connectivity index (χ1n) is 7.14. The van der Waals surface area contributed by atoms with E-state index in [1.807, 2.05) is 11.8 Å². The van der Waals surface area contributed by atoms with Gasteiger partial charge in [0.05, 0.1) is 11.7 Å². The molecule has 118 valence electrons. The Balaban J connectivity index is 0.000000882. The van der Waals surface area contributed by atoms with E-state index in [2.05, 4.69) is 65.4 Å². The lowest BCUT2D eigenvalue weighted by Gasteiger charge is -2.41. The molecule has 2 nitrogen and oxygen atoms in total. The Kier molecular flexibility index (Phi) is 5.67. The fourth-order valence-corrected chi connectivity index (χ4v) is 4.36. The van der Waals surface area contributed by atoms with E-state index in [0.29, 0.717) is 6.04 Å². The molecule has 4 rings (SSSR count). The van der Waals surface area contributed by atoms with Crippen molar-refractivity contribution in [2.45, 2.75) is 15.8 Å². The molecule has 0 saturated carbocycles. The van der Waals surface area contributed by atoms with E-state index in [1.54, 1.807) is 0 Å². The lowest BCUT2D eigenvalue weighted by atomic mass is 10.0. The van der Waals surface area contributed by atoms with E-state index in [1.165, 1.54) is 21.0 Å². The third-order valence-corrected chi connectivity index (χ3v) is 5.41. The molecule has 0 aliphatic carbocycles. The molecule has 0 spiro atoms. The summed E-state index contributed by atoms with van der Waals surface area (Å²) in [5.74, 6) is 0. The summed E-state index contributed by atoms with van der Waals surface area (Å²) in [6.45, 7) is 3.34. The van der Waals surface area contributed by atoms with Crippen LogP contribution in [0.2, 0.25) is 0 Å². The fraction of sp³-hybridized carbons (Fsp3) is 0.294. The fourth-order valence-electron chi connectivity index (χ4n) is 3.22. The molecule has 2 aliphatic heterocycles. The molecule has 0 aromatic heterocycles. The van der Waals surface area contributed by atoms with Crippen LogP contribution in [-0.2, 0) is 0 Å². The summed E-state index contributed by atoms with van der Waals surface area (Å²) in [4.78, 5) is 7.82. The molecule has 1 atom stereocenters. The highest BCUT2D eigenvalue weighted by Crippen LogP contribution is 2.46. The number of hydrogen-bond donors (Lipinski definition) is 0. The van der Waals surface area contributed by atoms with Gasteiger partial charge in [-0.15, -0.1) is 24.8 Å². The Morgan fingerprint density at radius 3 is 2.41 bits per heavy atom. The van der Waals surface area contributed by atoms with E-state index in [-0.39, 0.29) is 24.8 Å². The lowest BCUT2D eigenvalue weighted by molar-refractivity contribution is 0.267. The van der Waals surface area contributed by atoms with Gasteiger partial charge in [0.15, 0.2) is 0 Å². The molecule has 2 aromatic rings. The van der Waals surface area contributed by atoms with Crippen molar-refractivity contribution >= 4 is 42.3 Å². The van der Waals surface area contributed by atoms with Crippen LogP contribution in [0.5, 0.6) is 0 Å². The molecule has 1 saturated heterocycles. The average molecular weight is 355 g/mol. The average Bonchev–Trinajstić information content (AvgIpc) is 2.61. The van der Waals surface area contributed by atoms with Crippen molar-refractivity contribution in [2.75, 3.05) is 31.6 Å². The first kappa shape index (κ1) is 17.5. The summed E-state index contributed by atoms with van der Waals surface area (Å²) >= 11 is 1.91. The van der Waals surface area contributed by atoms with Crippen molar-refractivity contribution in [3.8, 4) is 0 Å². The standard InChI is InChI=1S/C17H18N2S.2ClH/c1-18-10-11-19-14-7-3-5-9-17(14)20-16-8-4-2-6-13(16)15(19)12-18;;/h2-9,15H,10-12H2,1H3;2*1H. The maximum atomic E-state index is 2.59. The van der Waals surface area contributed by atoms with Crippen LogP contribution >= 0.6 is 36.6 Å². The van der Waals surface area contributed by atoms with Crippen molar-refractivity contribution in [3.05, 3.63) is 54.1 Å². The number of nitrogens with zero attached hydrogens (tertiary/aromatic N) is 2. The first-order chi connectivity index (χ1) is 9.83. The molecule has 2 aromatic carbocycles. The number of likely N-dealkylation sites (N-methyl/N-ethyl adjacent to an activating group) is 1. The van der Waals surface area contributed by atoms with Crippen LogP contribution in [0, 0.1) is 0 Å². The number of para-hydroxylation sites is 1. The Morgan fingerprint density at radius 2 is 1.59 bits per heavy atom. The van der Waals surface area contributed by atoms with Gasteiger partial charge in [0.25, 0.3) is 0 Å². The normalized spacial score (nSPS) is 19.7. The molecule has 0 N–H and O–H groups in total. The summed E-state index contributed by atoms with van der Waals surface area (Å²) < 4.78 is 0. The van der Waals surface area contributed by atoms with E-state index in [4.69, 9.17) is 0 Å². The summed E-state index contributed by atoms with van der Waals surface area (Å²) in [5.41, 5.74) is 2.87. The second kappa shape index (κ2) is 7.14. The largest absolute Gasteiger partial charge is 0.361 e. The van der Waals surface area contributed by atoms with Gasteiger partial charge in [-0.2, -0.15) is 0 Å². The smallest absolute Gasteiger partial charge is 0.0681 e. The highest BCUT2D eigenvalue weighted by molar-refractivity contribution is 7.99. The maximum absolute atomic E-state index is 2.59. The Labute approximate surface area is 148 Å². The predicted molar refractivity (Wildman–Crippen MR) is 99.1 cm³/mol. The van der Waals surface area contributed by atoms with Gasteiger partial charge in [0.2, 0.25) is 0 Å². The quantitative estimate of drug-likeness (QED) is 0.688. The minimum Gasteiger partial charge on any atom is -0.361 e. The summed E-state index contributed by atoms with van der Waals surface area (Å²) in [5, 5.41) is 0. The number of anilines is 1. The molecular weight excluding hydrogens is 335 g/mol. The van der Waals surface area contributed by atoms with Gasteiger partial charge in [0.1, 0.15) is 0 Å². The van der Waals surface area contributed by atoms with Gasteiger partial charge < -0.3 is 9.80 Å². The van der Waals surface area contributed by atoms with Crippen LogP contribution < -0.4 is 4.90 Å². The van der Waals surface area contributed by atoms with E-state index in [9.17, 15) is 0 Å². The minimum absolute atomic E-state index is 0. The van der Waals surface area contributed by atoms with Crippen molar-refractivity contribution in [3.63, 3.8) is 0 Å². The summed E-state index contributed by atoms with van der Waals surface area (Å²) in [6.07, 6.45) is 0. The summed E-state index contributed by atoms with van der Waals surface area (Å²) in [6, 6.07) is 18.2. The maximum Gasteiger partial charge on any atom is 0.0681 e. The SMILES string of the molecule is CN1CCN2c3ccccc3Sc3ccccc3C2C1.Cl.Cl. The van der Waals surface area contributed by atoms with Crippen LogP contribution in [0.1, 0.15) is 11.6 Å². The van der Waals surface area contributed by atoms with Crippen LogP contribution in [0.3, 0.4) is 0 Å². The second-order valence-corrected chi connectivity index (χ2v) is 6.66. The molecule has 1 unspecified atom stereocenters. The highest BCUT2D eigenvalue weighted by atomic mass is 35.5. The third kappa shape index (κ3) is 2.95. The Morgan fingerprint density at radius 1 is 0.909 bits per heavy atom. The molecular formula is C17H20Cl2N2S.